The molecule has 100 valence electrons. The Balaban J connectivity index is 2.32. The van der Waals surface area contributed by atoms with Crippen LogP contribution in [0, 0.1) is 11.8 Å². The highest BCUT2D eigenvalue weighted by molar-refractivity contribution is 5.58. The van der Waals surface area contributed by atoms with Gasteiger partial charge < -0.3 is 10.3 Å². The molecule has 1 fully saturated rings. The molecule has 0 spiro atoms. The summed E-state index contributed by atoms with van der Waals surface area (Å²) in [7, 11) is 0. The van der Waals surface area contributed by atoms with E-state index in [0.717, 1.165) is 36.7 Å². The zero-order valence-electron chi connectivity index (χ0n) is 11.5. The zero-order valence-corrected chi connectivity index (χ0v) is 11.5. The van der Waals surface area contributed by atoms with Gasteiger partial charge in [0.05, 0.1) is 0 Å². The maximum atomic E-state index is 5.52. The summed E-state index contributed by atoms with van der Waals surface area (Å²) in [5.41, 5.74) is 3.78. The molecule has 0 bridgehead atoms. The lowest BCUT2D eigenvalue weighted by Gasteiger charge is -2.36. The fourth-order valence-corrected chi connectivity index (χ4v) is 2.96. The van der Waals surface area contributed by atoms with E-state index in [2.05, 4.69) is 41.1 Å². The highest BCUT2D eigenvalue weighted by Crippen LogP contribution is 2.29. The van der Waals surface area contributed by atoms with Crippen LogP contribution >= 0.6 is 0 Å². The van der Waals surface area contributed by atoms with Gasteiger partial charge in [-0.2, -0.15) is 0 Å². The van der Waals surface area contributed by atoms with Crippen molar-refractivity contribution in [3.63, 3.8) is 0 Å². The van der Waals surface area contributed by atoms with Crippen LogP contribution in [0.15, 0.2) is 6.33 Å². The molecular weight excluding hydrogens is 226 g/mol. The maximum absolute atomic E-state index is 5.52. The summed E-state index contributed by atoms with van der Waals surface area (Å²) in [6.07, 6.45) is 3.77. The number of piperidine rings is 1. The van der Waals surface area contributed by atoms with Crippen LogP contribution in [-0.4, -0.2) is 23.1 Å². The second kappa shape index (κ2) is 5.52. The van der Waals surface area contributed by atoms with Crippen LogP contribution < -0.4 is 16.2 Å². The van der Waals surface area contributed by atoms with Crippen molar-refractivity contribution in [2.75, 3.05) is 23.4 Å². The van der Waals surface area contributed by atoms with Crippen molar-refractivity contribution in [3.8, 4) is 0 Å². The number of nitrogen functional groups attached to an aromatic ring is 1. The van der Waals surface area contributed by atoms with Crippen molar-refractivity contribution in [1.82, 2.24) is 9.97 Å². The molecule has 2 heterocycles. The SMILES string of the molecule is CCc1c(NN)ncnc1N1CC(C)CC(C)C1. The van der Waals surface area contributed by atoms with E-state index >= 15 is 0 Å². The average Bonchev–Trinajstić information content (AvgIpc) is 2.36. The van der Waals surface area contributed by atoms with Gasteiger partial charge in [0.25, 0.3) is 0 Å². The first-order chi connectivity index (χ1) is 8.65. The summed E-state index contributed by atoms with van der Waals surface area (Å²) in [6, 6.07) is 0. The number of hydrazine groups is 1. The third-order valence-electron chi connectivity index (χ3n) is 3.58. The summed E-state index contributed by atoms with van der Waals surface area (Å²) in [6.45, 7) is 8.85. The molecule has 2 rings (SSSR count). The van der Waals surface area contributed by atoms with Crippen LogP contribution in [0.1, 0.15) is 32.8 Å². The van der Waals surface area contributed by atoms with Crippen molar-refractivity contribution >= 4 is 11.6 Å². The number of nitrogens with two attached hydrogens (primary N) is 1. The van der Waals surface area contributed by atoms with Gasteiger partial charge in [-0.25, -0.2) is 15.8 Å². The molecule has 1 saturated heterocycles. The lowest BCUT2D eigenvalue weighted by molar-refractivity contribution is 0.355. The smallest absolute Gasteiger partial charge is 0.148 e. The lowest BCUT2D eigenvalue weighted by atomic mass is 9.91. The molecule has 3 N–H and O–H groups in total. The molecule has 0 amide bonds. The number of anilines is 2. The molecule has 2 unspecified atom stereocenters. The lowest BCUT2D eigenvalue weighted by Crippen LogP contribution is -2.40. The molecule has 5 heteroatoms. The van der Waals surface area contributed by atoms with Crippen LogP contribution in [0.2, 0.25) is 0 Å². The van der Waals surface area contributed by atoms with Crippen molar-refractivity contribution < 1.29 is 0 Å². The van der Waals surface area contributed by atoms with Crippen LogP contribution in [0.4, 0.5) is 11.6 Å². The molecule has 1 aliphatic heterocycles. The van der Waals surface area contributed by atoms with Crippen LogP contribution in [0.3, 0.4) is 0 Å². The van der Waals surface area contributed by atoms with Crippen LogP contribution in [0.5, 0.6) is 0 Å². The monoisotopic (exact) mass is 249 g/mol. The number of aromatic nitrogens is 2. The van der Waals surface area contributed by atoms with Crippen molar-refractivity contribution in [3.05, 3.63) is 11.9 Å². The summed E-state index contributed by atoms with van der Waals surface area (Å²) in [5, 5.41) is 0. The van der Waals surface area contributed by atoms with E-state index in [4.69, 9.17) is 5.84 Å². The molecule has 5 nitrogen and oxygen atoms in total. The number of hydrogen-bond acceptors (Lipinski definition) is 5. The van der Waals surface area contributed by atoms with Crippen LogP contribution in [0.25, 0.3) is 0 Å². The topological polar surface area (TPSA) is 67.1 Å². The van der Waals surface area contributed by atoms with E-state index in [9.17, 15) is 0 Å². The molecule has 0 radical (unpaired) electrons. The number of nitrogens with zero attached hydrogens (tertiary/aromatic N) is 3. The normalized spacial score (nSPS) is 24.1. The number of hydrogen-bond donors (Lipinski definition) is 2. The van der Waals surface area contributed by atoms with E-state index in [0.29, 0.717) is 11.8 Å². The molecular formula is C13H23N5. The van der Waals surface area contributed by atoms with Gasteiger partial charge in [0.2, 0.25) is 0 Å². The predicted octanol–water partition coefficient (Wildman–Crippen LogP) is 1.81. The molecule has 1 aliphatic rings. The summed E-state index contributed by atoms with van der Waals surface area (Å²) < 4.78 is 0. The van der Waals surface area contributed by atoms with Gasteiger partial charge in [0, 0.05) is 18.7 Å². The standard InChI is InChI=1S/C13H23N5/c1-4-11-12(17-14)15-8-16-13(11)18-6-9(2)5-10(3)7-18/h8-10H,4-7,14H2,1-3H3,(H,15,16,17). The first kappa shape index (κ1) is 13.1. The third-order valence-corrected chi connectivity index (χ3v) is 3.58. The van der Waals surface area contributed by atoms with Gasteiger partial charge in [-0.15, -0.1) is 0 Å². The Morgan fingerprint density at radius 2 is 2.00 bits per heavy atom. The molecule has 18 heavy (non-hydrogen) atoms. The second-order valence-corrected chi connectivity index (χ2v) is 5.37. The van der Waals surface area contributed by atoms with Gasteiger partial charge in [-0.1, -0.05) is 20.8 Å². The molecule has 1 aromatic heterocycles. The summed E-state index contributed by atoms with van der Waals surface area (Å²) in [5.74, 6) is 8.73. The Morgan fingerprint density at radius 1 is 1.33 bits per heavy atom. The predicted molar refractivity (Wildman–Crippen MR) is 74.4 cm³/mol. The Kier molecular flexibility index (Phi) is 4.01. The minimum Gasteiger partial charge on any atom is -0.356 e. The van der Waals surface area contributed by atoms with Crippen molar-refractivity contribution in [2.24, 2.45) is 17.7 Å². The number of nitrogens with one attached hydrogen (secondary N) is 1. The zero-order chi connectivity index (χ0) is 13.1. The maximum Gasteiger partial charge on any atom is 0.148 e. The van der Waals surface area contributed by atoms with Gasteiger partial charge in [0.15, 0.2) is 0 Å². The molecule has 0 saturated carbocycles. The van der Waals surface area contributed by atoms with Gasteiger partial charge in [-0.05, 0) is 24.7 Å². The van der Waals surface area contributed by atoms with Crippen molar-refractivity contribution in [1.29, 1.82) is 0 Å². The van der Waals surface area contributed by atoms with E-state index in [1.54, 1.807) is 6.33 Å². The Bertz CT molecular complexity index is 396. The van der Waals surface area contributed by atoms with Crippen molar-refractivity contribution in [2.45, 2.75) is 33.6 Å². The first-order valence-corrected chi connectivity index (χ1v) is 6.71. The Labute approximate surface area is 109 Å². The highest BCUT2D eigenvalue weighted by atomic mass is 15.3. The highest BCUT2D eigenvalue weighted by Gasteiger charge is 2.25. The fraction of sp³-hybridized carbons (Fsp3) is 0.692. The minimum absolute atomic E-state index is 0.711. The van der Waals surface area contributed by atoms with E-state index in [-0.39, 0.29) is 0 Å². The largest absolute Gasteiger partial charge is 0.356 e. The Morgan fingerprint density at radius 3 is 2.56 bits per heavy atom. The summed E-state index contributed by atoms with van der Waals surface area (Å²) >= 11 is 0. The quantitative estimate of drug-likeness (QED) is 0.631. The molecule has 1 aromatic rings. The molecule has 0 aromatic carbocycles. The minimum atomic E-state index is 0.711. The number of rotatable bonds is 3. The second-order valence-electron chi connectivity index (χ2n) is 5.37. The van der Waals surface area contributed by atoms with E-state index in [1.807, 2.05) is 0 Å². The average molecular weight is 249 g/mol. The Hall–Kier alpha value is -1.36. The van der Waals surface area contributed by atoms with Gasteiger partial charge in [0.1, 0.15) is 18.0 Å². The third kappa shape index (κ3) is 2.56. The fourth-order valence-electron chi connectivity index (χ4n) is 2.96. The van der Waals surface area contributed by atoms with Crippen LogP contribution in [-0.2, 0) is 6.42 Å². The first-order valence-electron chi connectivity index (χ1n) is 6.71. The van der Waals surface area contributed by atoms with Gasteiger partial charge in [-0.3, -0.25) is 0 Å². The molecule has 0 aliphatic carbocycles. The van der Waals surface area contributed by atoms with E-state index in [1.165, 1.54) is 6.42 Å². The van der Waals surface area contributed by atoms with E-state index < -0.39 is 0 Å². The molecule has 2 atom stereocenters. The van der Waals surface area contributed by atoms with Gasteiger partial charge >= 0.3 is 0 Å². The summed E-state index contributed by atoms with van der Waals surface area (Å²) in [4.78, 5) is 11.0.